The van der Waals surface area contributed by atoms with E-state index < -0.39 is 0 Å². The van der Waals surface area contributed by atoms with Crippen LogP contribution in [0.1, 0.15) is 18.9 Å². The SMILES string of the molecule is CC(Cc1ccccc1F)NC(=O)NCC1CCN(c2ccc(F)cc2)C1. The Morgan fingerprint density at radius 3 is 2.67 bits per heavy atom. The van der Waals surface area contributed by atoms with E-state index in [0.717, 1.165) is 25.2 Å². The first kappa shape index (κ1) is 19.1. The highest BCUT2D eigenvalue weighted by Crippen LogP contribution is 2.23. The number of halogens is 2. The average molecular weight is 373 g/mol. The van der Waals surface area contributed by atoms with Gasteiger partial charge < -0.3 is 15.5 Å². The van der Waals surface area contributed by atoms with Crippen LogP contribution < -0.4 is 15.5 Å². The lowest BCUT2D eigenvalue weighted by molar-refractivity contribution is 0.236. The number of benzene rings is 2. The molecule has 1 heterocycles. The molecule has 0 bridgehead atoms. The van der Waals surface area contributed by atoms with Gasteiger partial charge in [0.05, 0.1) is 0 Å². The fourth-order valence-corrected chi connectivity index (χ4v) is 3.44. The van der Waals surface area contributed by atoms with Crippen LogP contribution in [-0.4, -0.2) is 31.7 Å². The van der Waals surface area contributed by atoms with E-state index in [9.17, 15) is 13.6 Å². The molecule has 144 valence electrons. The molecule has 2 atom stereocenters. The zero-order valence-corrected chi connectivity index (χ0v) is 15.4. The molecule has 3 rings (SSSR count). The van der Waals surface area contributed by atoms with Gasteiger partial charge in [-0.05, 0) is 61.6 Å². The molecule has 0 saturated carbocycles. The largest absolute Gasteiger partial charge is 0.371 e. The molecule has 27 heavy (non-hydrogen) atoms. The predicted molar refractivity (Wildman–Crippen MR) is 103 cm³/mol. The second-order valence-corrected chi connectivity index (χ2v) is 7.13. The fraction of sp³-hybridized carbons (Fsp3) is 0.381. The van der Waals surface area contributed by atoms with Crippen molar-refractivity contribution < 1.29 is 13.6 Å². The molecular formula is C21H25F2N3O. The number of amides is 2. The molecule has 0 aromatic heterocycles. The summed E-state index contributed by atoms with van der Waals surface area (Å²) in [5.41, 5.74) is 1.60. The molecule has 1 aliphatic heterocycles. The molecule has 4 nitrogen and oxygen atoms in total. The van der Waals surface area contributed by atoms with Gasteiger partial charge in [0, 0.05) is 31.4 Å². The van der Waals surface area contributed by atoms with Crippen molar-refractivity contribution in [2.24, 2.45) is 5.92 Å². The van der Waals surface area contributed by atoms with E-state index in [1.54, 1.807) is 30.3 Å². The number of rotatable bonds is 6. The van der Waals surface area contributed by atoms with Gasteiger partial charge in [-0.1, -0.05) is 18.2 Å². The Morgan fingerprint density at radius 1 is 1.19 bits per heavy atom. The van der Waals surface area contributed by atoms with E-state index in [2.05, 4.69) is 15.5 Å². The van der Waals surface area contributed by atoms with Crippen LogP contribution in [0, 0.1) is 17.6 Å². The third kappa shape index (κ3) is 5.42. The Labute approximate surface area is 158 Å². The summed E-state index contributed by atoms with van der Waals surface area (Å²) >= 11 is 0. The molecule has 2 unspecified atom stereocenters. The highest BCUT2D eigenvalue weighted by molar-refractivity contribution is 5.74. The number of urea groups is 1. The Bertz CT molecular complexity index is 766. The van der Waals surface area contributed by atoms with Crippen molar-refractivity contribution in [2.75, 3.05) is 24.5 Å². The molecule has 0 spiro atoms. The molecule has 2 N–H and O–H groups in total. The topological polar surface area (TPSA) is 44.4 Å². The third-order valence-corrected chi connectivity index (χ3v) is 4.89. The van der Waals surface area contributed by atoms with Gasteiger partial charge >= 0.3 is 6.03 Å². The van der Waals surface area contributed by atoms with Gasteiger partial charge in [0.1, 0.15) is 11.6 Å². The zero-order valence-electron chi connectivity index (χ0n) is 15.4. The van der Waals surface area contributed by atoms with E-state index in [1.807, 2.05) is 6.92 Å². The average Bonchev–Trinajstić information content (AvgIpc) is 3.11. The number of nitrogens with one attached hydrogen (secondary N) is 2. The molecule has 1 aliphatic rings. The number of hydrogen-bond donors (Lipinski definition) is 2. The van der Waals surface area contributed by atoms with Crippen LogP contribution in [0.3, 0.4) is 0 Å². The van der Waals surface area contributed by atoms with Gasteiger partial charge in [-0.3, -0.25) is 0 Å². The molecule has 2 amide bonds. The van der Waals surface area contributed by atoms with Crippen molar-refractivity contribution in [3.05, 3.63) is 65.7 Å². The van der Waals surface area contributed by atoms with Crippen molar-refractivity contribution in [2.45, 2.75) is 25.8 Å². The first-order chi connectivity index (χ1) is 13.0. The van der Waals surface area contributed by atoms with Gasteiger partial charge in [0.2, 0.25) is 0 Å². The molecule has 1 saturated heterocycles. The van der Waals surface area contributed by atoms with Crippen molar-refractivity contribution in [3.63, 3.8) is 0 Å². The summed E-state index contributed by atoms with van der Waals surface area (Å²) in [4.78, 5) is 14.3. The van der Waals surface area contributed by atoms with Gasteiger partial charge in [-0.15, -0.1) is 0 Å². The highest BCUT2D eigenvalue weighted by atomic mass is 19.1. The first-order valence-electron chi connectivity index (χ1n) is 9.29. The minimum atomic E-state index is -0.251. The van der Waals surface area contributed by atoms with Gasteiger partial charge in [-0.25, -0.2) is 13.6 Å². The summed E-state index contributed by atoms with van der Waals surface area (Å²) in [6.07, 6.45) is 1.42. The van der Waals surface area contributed by atoms with Crippen molar-refractivity contribution in [1.29, 1.82) is 0 Å². The Morgan fingerprint density at radius 2 is 1.93 bits per heavy atom. The van der Waals surface area contributed by atoms with E-state index in [1.165, 1.54) is 18.2 Å². The number of carbonyl (C=O) groups excluding carboxylic acids is 1. The lowest BCUT2D eigenvalue weighted by Gasteiger charge is -2.19. The molecule has 2 aromatic rings. The summed E-state index contributed by atoms with van der Waals surface area (Å²) in [5.74, 6) is -0.140. The van der Waals surface area contributed by atoms with Crippen LogP contribution in [-0.2, 0) is 6.42 Å². The van der Waals surface area contributed by atoms with E-state index in [4.69, 9.17) is 0 Å². The lowest BCUT2D eigenvalue weighted by Crippen LogP contribution is -2.43. The van der Waals surface area contributed by atoms with E-state index in [-0.39, 0.29) is 23.7 Å². The smallest absolute Gasteiger partial charge is 0.315 e. The summed E-state index contributed by atoms with van der Waals surface area (Å²) in [5, 5.41) is 5.76. The first-order valence-corrected chi connectivity index (χ1v) is 9.29. The monoisotopic (exact) mass is 373 g/mol. The van der Waals surface area contributed by atoms with Crippen molar-refractivity contribution in [3.8, 4) is 0 Å². The van der Waals surface area contributed by atoms with Crippen LogP contribution in [0.15, 0.2) is 48.5 Å². The molecule has 0 radical (unpaired) electrons. The second kappa shape index (κ2) is 8.84. The maximum Gasteiger partial charge on any atom is 0.315 e. The van der Waals surface area contributed by atoms with Crippen molar-refractivity contribution >= 4 is 11.7 Å². The molecule has 1 fully saturated rings. The van der Waals surface area contributed by atoms with Gasteiger partial charge in [0.15, 0.2) is 0 Å². The molecule has 6 heteroatoms. The Balaban J connectivity index is 1.40. The van der Waals surface area contributed by atoms with Crippen LogP contribution in [0.25, 0.3) is 0 Å². The van der Waals surface area contributed by atoms with E-state index in [0.29, 0.717) is 24.4 Å². The molecular weight excluding hydrogens is 348 g/mol. The summed E-state index contributed by atoms with van der Waals surface area (Å²) in [6.45, 7) is 4.16. The van der Waals surface area contributed by atoms with Gasteiger partial charge in [0.25, 0.3) is 0 Å². The van der Waals surface area contributed by atoms with Crippen molar-refractivity contribution in [1.82, 2.24) is 10.6 Å². The third-order valence-electron chi connectivity index (χ3n) is 4.89. The van der Waals surface area contributed by atoms with Crippen LogP contribution in [0.2, 0.25) is 0 Å². The summed E-state index contributed by atoms with van der Waals surface area (Å²) < 4.78 is 26.7. The summed E-state index contributed by atoms with van der Waals surface area (Å²) in [7, 11) is 0. The number of nitrogens with zero attached hydrogens (tertiary/aromatic N) is 1. The molecule has 2 aromatic carbocycles. The number of carbonyl (C=O) groups is 1. The predicted octanol–water partition coefficient (Wildman–Crippen LogP) is 3.72. The van der Waals surface area contributed by atoms with Crippen LogP contribution in [0.4, 0.5) is 19.3 Å². The van der Waals surface area contributed by atoms with Crippen LogP contribution >= 0.6 is 0 Å². The maximum atomic E-state index is 13.7. The number of hydrogen-bond acceptors (Lipinski definition) is 2. The van der Waals surface area contributed by atoms with Crippen LogP contribution in [0.5, 0.6) is 0 Å². The second-order valence-electron chi connectivity index (χ2n) is 7.13. The highest BCUT2D eigenvalue weighted by Gasteiger charge is 2.23. The summed E-state index contributed by atoms with van der Waals surface area (Å²) in [6, 6.07) is 12.7. The van der Waals surface area contributed by atoms with E-state index >= 15 is 0 Å². The fourth-order valence-electron chi connectivity index (χ4n) is 3.44. The number of anilines is 1. The minimum absolute atomic E-state index is 0.166. The van der Waals surface area contributed by atoms with Gasteiger partial charge in [-0.2, -0.15) is 0 Å². The standard InChI is InChI=1S/C21H25F2N3O/c1-15(12-17-4-2-3-5-20(17)23)25-21(27)24-13-16-10-11-26(14-16)19-8-6-18(22)7-9-19/h2-9,15-16H,10-14H2,1H3,(H2,24,25,27). The Hall–Kier alpha value is -2.63. The quantitative estimate of drug-likeness (QED) is 0.811. The molecule has 0 aliphatic carbocycles. The maximum absolute atomic E-state index is 13.7. The Kier molecular flexibility index (Phi) is 6.27. The zero-order chi connectivity index (χ0) is 19.2. The minimum Gasteiger partial charge on any atom is -0.371 e. The normalized spacial score (nSPS) is 17.6. The lowest BCUT2D eigenvalue weighted by atomic mass is 10.1.